The molecule has 1 aromatic rings. The highest BCUT2D eigenvalue weighted by atomic mass is 16.1. The molecule has 2 heteroatoms. The third-order valence-electron chi connectivity index (χ3n) is 3.93. The van der Waals surface area contributed by atoms with Crippen molar-refractivity contribution in [1.82, 2.24) is 0 Å². The lowest BCUT2D eigenvalue weighted by Gasteiger charge is -2.37. The molecule has 1 saturated carbocycles. The Labute approximate surface area is 110 Å². The number of rotatable bonds is 3. The van der Waals surface area contributed by atoms with Gasteiger partial charge in [0.15, 0.2) is 5.78 Å². The predicted molar refractivity (Wildman–Crippen MR) is 74.9 cm³/mol. The highest BCUT2D eigenvalue weighted by Crippen LogP contribution is 2.33. The maximum Gasteiger partial charge on any atom is 0.164 e. The van der Waals surface area contributed by atoms with Gasteiger partial charge in [-0.15, -0.1) is 0 Å². The number of benzene rings is 1. The lowest BCUT2D eigenvalue weighted by Crippen LogP contribution is -2.48. The van der Waals surface area contributed by atoms with Gasteiger partial charge in [0, 0.05) is 17.5 Å². The Morgan fingerprint density at radius 1 is 1.22 bits per heavy atom. The van der Waals surface area contributed by atoms with Gasteiger partial charge >= 0.3 is 0 Å². The summed E-state index contributed by atoms with van der Waals surface area (Å²) < 4.78 is 0. The van der Waals surface area contributed by atoms with E-state index in [9.17, 15) is 4.79 Å². The molecule has 0 heterocycles. The van der Waals surface area contributed by atoms with Crippen molar-refractivity contribution in [3.05, 3.63) is 35.4 Å². The Bertz CT molecular complexity index is 435. The molecular formula is C16H23NO. The van der Waals surface area contributed by atoms with E-state index in [1.54, 1.807) is 0 Å². The number of hydrogen-bond donors (Lipinski definition) is 1. The van der Waals surface area contributed by atoms with Crippen LogP contribution in [0.1, 0.15) is 62.4 Å². The van der Waals surface area contributed by atoms with E-state index in [0.29, 0.717) is 6.42 Å². The minimum Gasteiger partial charge on any atom is -0.325 e. The van der Waals surface area contributed by atoms with Gasteiger partial charge in [0.1, 0.15) is 0 Å². The minimum absolute atomic E-state index is 0.130. The Morgan fingerprint density at radius 2 is 1.78 bits per heavy atom. The number of carbonyl (C=O) groups excluding carboxylic acids is 1. The topological polar surface area (TPSA) is 43.1 Å². The minimum atomic E-state index is -0.222. The molecule has 0 aromatic heterocycles. The smallest absolute Gasteiger partial charge is 0.164 e. The number of Topliss-reactive ketones (excluding diaryl/α,β-unsaturated/α-hetero) is 1. The molecule has 0 aliphatic heterocycles. The highest BCUT2D eigenvalue weighted by Gasteiger charge is 2.34. The average Bonchev–Trinajstić information content (AvgIpc) is 2.26. The van der Waals surface area contributed by atoms with Crippen molar-refractivity contribution in [2.45, 2.75) is 57.4 Å². The van der Waals surface area contributed by atoms with Crippen molar-refractivity contribution < 1.29 is 4.79 Å². The monoisotopic (exact) mass is 245 g/mol. The number of nitrogens with two attached hydrogens (primary N) is 1. The van der Waals surface area contributed by atoms with E-state index in [2.05, 4.69) is 32.9 Å². The van der Waals surface area contributed by atoms with Crippen LogP contribution in [0.3, 0.4) is 0 Å². The molecule has 0 radical (unpaired) electrons. The lowest BCUT2D eigenvalue weighted by atomic mass is 9.73. The summed E-state index contributed by atoms with van der Waals surface area (Å²) >= 11 is 0. The van der Waals surface area contributed by atoms with Crippen LogP contribution in [0.5, 0.6) is 0 Å². The zero-order valence-corrected chi connectivity index (χ0v) is 11.6. The molecule has 0 atom stereocenters. The predicted octanol–water partition coefficient (Wildman–Crippen LogP) is 3.44. The van der Waals surface area contributed by atoms with E-state index in [0.717, 1.165) is 24.8 Å². The van der Waals surface area contributed by atoms with Crippen molar-refractivity contribution >= 4 is 5.78 Å². The van der Waals surface area contributed by atoms with E-state index < -0.39 is 0 Å². The van der Waals surface area contributed by atoms with E-state index in [-0.39, 0.29) is 16.7 Å². The van der Waals surface area contributed by atoms with Crippen LogP contribution in [0.2, 0.25) is 0 Å². The van der Waals surface area contributed by atoms with Crippen LogP contribution in [0.25, 0.3) is 0 Å². The Hall–Kier alpha value is -1.15. The van der Waals surface area contributed by atoms with Gasteiger partial charge in [-0.3, -0.25) is 4.79 Å². The van der Waals surface area contributed by atoms with E-state index >= 15 is 0 Å². The number of carbonyl (C=O) groups is 1. The summed E-state index contributed by atoms with van der Waals surface area (Å²) in [5, 5.41) is 0. The van der Waals surface area contributed by atoms with Crippen molar-refractivity contribution in [3.63, 3.8) is 0 Å². The molecule has 18 heavy (non-hydrogen) atoms. The normalized spacial score (nSPS) is 18.2. The fraction of sp³-hybridized carbons (Fsp3) is 0.562. The second kappa shape index (κ2) is 4.51. The van der Waals surface area contributed by atoms with Gasteiger partial charge in [0.25, 0.3) is 0 Å². The van der Waals surface area contributed by atoms with Crippen LogP contribution in [-0.2, 0) is 5.41 Å². The molecule has 2 N–H and O–H groups in total. The van der Waals surface area contributed by atoms with E-state index in [4.69, 9.17) is 5.73 Å². The molecule has 2 nitrogen and oxygen atoms in total. The zero-order chi connectivity index (χ0) is 13.4. The molecular weight excluding hydrogens is 222 g/mol. The summed E-state index contributed by atoms with van der Waals surface area (Å²) in [6, 6.07) is 7.98. The summed E-state index contributed by atoms with van der Waals surface area (Å²) in [6.45, 7) is 6.52. The third-order valence-corrected chi connectivity index (χ3v) is 3.93. The van der Waals surface area contributed by atoms with Crippen LogP contribution in [0.15, 0.2) is 24.3 Å². The third kappa shape index (κ3) is 2.81. The molecule has 0 unspecified atom stereocenters. The maximum absolute atomic E-state index is 12.1. The molecule has 2 rings (SSSR count). The molecule has 1 aliphatic rings. The average molecular weight is 245 g/mol. The van der Waals surface area contributed by atoms with Crippen LogP contribution < -0.4 is 5.73 Å². The van der Waals surface area contributed by atoms with Gasteiger partial charge in [-0.1, -0.05) is 45.0 Å². The molecule has 1 fully saturated rings. The zero-order valence-electron chi connectivity index (χ0n) is 11.6. The summed E-state index contributed by atoms with van der Waals surface area (Å²) in [5.41, 5.74) is 8.07. The van der Waals surface area contributed by atoms with Crippen molar-refractivity contribution in [1.29, 1.82) is 0 Å². The fourth-order valence-corrected chi connectivity index (χ4v) is 2.39. The first-order valence-electron chi connectivity index (χ1n) is 6.73. The van der Waals surface area contributed by atoms with Gasteiger partial charge in [-0.25, -0.2) is 0 Å². The SMILES string of the molecule is CC(C)(C)c1ccc(C(=O)CC2(N)CCC2)cc1. The summed E-state index contributed by atoms with van der Waals surface area (Å²) in [4.78, 5) is 12.1. The molecule has 1 aromatic carbocycles. The Balaban J connectivity index is 2.07. The maximum atomic E-state index is 12.1. The van der Waals surface area contributed by atoms with Crippen molar-refractivity contribution in [2.75, 3.05) is 0 Å². The lowest BCUT2D eigenvalue weighted by molar-refractivity contribution is 0.0912. The summed E-state index contributed by atoms with van der Waals surface area (Å²) in [6.07, 6.45) is 3.62. The Morgan fingerprint density at radius 3 is 2.17 bits per heavy atom. The van der Waals surface area contributed by atoms with Gasteiger partial charge < -0.3 is 5.73 Å². The van der Waals surface area contributed by atoms with Gasteiger partial charge in [0.2, 0.25) is 0 Å². The summed E-state index contributed by atoms with van der Waals surface area (Å²) in [7, 11) is 0. The quantitative estimate of drug-likeness (QED) is 0.829. The first-order valence-corrected chi connectivity index (χ1v) is 6.73. The van der Waals surface area contributed by atoms with Crippen LogP contribution in [0, 0.1) is 0 Å². The standard InChI is InChI=1S/C16H23NO/c1-15(2,3)13-7-5-12(6-8-13)14(18)11-16(17)9-4-10-16/h5-8H,4,9-11,17H2,1-3H3. The molecule has 0 spiro atoms. The largest absolute Gasteiger partial charge is 0.325 e. The van der Waals surface area contributed by atoms with Gasteiger partial charge in [-0.05, 0) is 30.2 Å². The van der Waals surface area contributed by atoms with Crippen LogP contribution >= 0.6 is 0 Å². The number of ketones is 1. The van der Waals surface area contributed by atoms with E-state index in [1.807, 2.05) is 12.1 Å². The molecule has 98 valence electrons. The van der Waals surface area contributed by atoms with Gasteiger partial charge in [0.05, 0.1) is 0 Å². The second-order valence-corrected chi connectivity index (χ2v) is 6.64. The Kier molecular flexibility index (Phi) is 3.33. The number of hydrogen-bond acceptors (Lipinski definition) is 2. The molecule has 0 bridgehead atoms. The second-order valence-electron chi connectivity index (χ2n) is 6.64. The van der Waals surface area contributed by atoms with Crippen molar-refractivity contribution in [2.24, 2.45) is 5.73 Å². The molecule has 0 saturated heterocycles. The first-order chi connectivity index (χ1) is 8.30. The van der Waals surface area contributed by atoms with Crippen molar-refractivity contribution in [3.8, 4) is 0 Å². The van der Waals surface area contributed by atoms with E-state index in [1.165, 1.54) is 5.56 Å². The molecule has 1 aliphatic carbocycles. The van der Waals surface area contributed by atoms with Gasteiger partial charge in [-0.2, -0.15) is 0 Å². The highest BCUT2D eigenvalue weighted by molar-refractivity contribution is 5.96. The van der Waals surface area contributed by atoms with Crippen LogP contribution in [0.4, 0.5) is 0 Å². The fourth-order valence-electron chi connectivity index (χ4n) is 2.39. The summed E-state index contributed by atoms with van der Waals surface area (Å²) in [5.74, 6) is 0.178. The molecule has 0 amide bonds. The van der Waals surface area contributed by atoms with Crippen LogP contribution in [-0.4, -0.2) is 11.3 Å². The first kappa shape index (κ1) is 13.3.